The van der Waals surface area contributed by atoms with Crippen molar-refractivity contribution in [2.24, 2.45) is 0 Å². The predicted octanol–water partition coefficient (Wildman–Crippen LogP) is 1.95. The summed E-state index contributed by atoms with van der Waals surface area (Å²) in [4.78, 5) is 40.3. The van der Waals surface area contributed by atoms with E-state index in [1.165, 1.54) is 17.3 Å². The number of imide groups is 1. The lowest BCUT2D eigenvalue weighted by atomic mass is 10.1. The van der Waals surface area contributed by atoms with Crippen molar-refractivity contribution in [1.82, 2.24) is 14.5 Å². The number of hydrogen-bond donors (Lipinski definition) is 1. The fourth-order valence-corrected chi connectivity index (χ4v) is 6.42. The van der Waals surface area contributed by atoms with Crippen molar-refractivity contribution in [2.45, 2.75) is 56.4 Å². The minimum atomic E-state index is -3.81. The average molecular weight is 493 g/mol. The number of carbonyl (C=O) groups is 3. The van der Waals surface area contributed by atoms with Crippen LogP contribution in [0, 0.1) is 0 Å². The number of hydrogen-bond acceptors (Lipinski definition) is 7. The molecule has 3 aliphatic rings. The van der Waals surface area contributed by atoms with Gasteiger partial charge in [-0.15, -0.1) is 0 Å². The van der Waals surface area contributed by atoms with E-state index in [9.17, 15) is 22.8 Å². The largest absolute Gasteiger partial charge is 0.449 e. The summed E-state index contributed by atoms with van der Waals surface area (Å²) in [6, 6.07) is 4.06. The Morgan fingerprint density at radius 2 is 1.62 bits per heavy atom. The number of urea groups is 1. The standard InChI is InChI=1S/C23H32N4O6S/c1-17(21(28)27-15-10-24-23(27)30)33-22(29)18-8-9-19(25-11-4-2-5-12-25)20(16-18)34(31,32)26-13-6-3-7-14-26/h8-9,16-17H,2-7,10-15H2,1H3,(H,24,30). The minimum absolute atomic E-state index is 0.0573. The SMILES string of the molecule is CC(OC(=O)c1ccc(N2CCCCC2)c(S(=O)(=O)N2CCCCC2)c1)C(=O)N1CCNC1=O. The third kappa shape index (κ3) is 5.05. The molecule has 3 saturated heterocycles. The molecule has 0 spiro atoms. The van der Waals surface area contributed by atoms with E-state index in [1.807, 2.05) is 0 Å². The summed E-state index contributed by atoms with van der Waals surface area (Å²) < 4.78 is 34.0. The van der Waals surface area contributed by atoms with Crippen molar-refractivity contribution >= 4 is 33.6 Å². The second-order valence-electron chi connectivity index (χ2n) is 8.96. The first kappa shape index (κ1) is 24.5. The van der Waals surface area contributed by atoms with Crippen LogP contribution < -0.4 is 10.2 Å². The van der Waals surface area contributed by atoms with Crippen LogP contribution in [0.3, 0.4) is 0 Å². The monoisotopic (exact) mass is 492 g/mol. The van der Waals surface area contributed by atoms with Crippen molar-refractivity contribution in [3.05, 3.63) is 23.8 Å². The average Bonchev–Trinajstić information content (AvgIpc) is 3.29. The number of anilines is 1. The number of carbonyl (C=O) groups excluding carboxylic acids is 3. The number of sulfonamides is 1. The molecule has 34 heavy (non-hydrogen) atoms. The van der Waals surface area contributed by atoms with Crippen molar-refractivity contribution in [2.75, 3.05) is 44.2 Å². The van der Waals surface area contributed by atoms with E-state index in [0.29, 0.717) is 25.3 Å². The lowest BCUT2D eigenvalue weighted by Gasteiger charge is -2.33. The second-order valence-corrected chi connectivity index (χ2v) is 10.9. The third-order valence-corrected chi connectivity index (χ3v) is 8.51. The summed E-state index contributed by atoms with van der Waals surface area (Å²) in [5, 5.41) is 2.53. The normalized spacial score (nSPS) is 20.7. The molecule has 0 saturated carbocycles. The van der Waals surface area contributed by atoms with Gasteiger partial charge in [-0.05, 0) is 57.2 Å². The Morgan fingerprint density at radius 3 is 2.24 bits per heavy atom. The molecule has 0 aliphatic carbocycles. The topological polar surface area (TPSA) is 116 Å². The molecular weight excluding hydrogens is 460 g/mol. The van der Waals surface area contributed by atoms with Gasteiger partial charge in [-0.2, -0.15) is 4.31 Å². The van der Waals surface area contributed by atoms with E-state index in [1.54, 1.807) is 12.1 Å². The lowest BCUT2D eigenvalue weighted by molar-refractivity contribution is -0.136. The molecule has 3 aliphatic heterocycles. The molecule has 3 heterocycles. The highest BCUT2D eigenvalue weighted by atomic mass is 32.2. The van der Waals surface area contributed by atoms with Crippen LogP contribution in [0.5, 0.6) is 0 Å². The fraction of sp³-hybridized carbons (Fsp3) is 0.609. The van der Waals surface area contributed by atoms with Crippen LogP contribution in [-0.2, 0) is 19.6 Å². The summed E-state index contributed by atoms with van der Waals surface area (Å²) >= 11 is 0. The molecule has 1 aromatic carbocycles. The van der Waals surface area contributed by atoms with Gasteiger partial charge in [0, 0.05) is 39.3 Å². The zero-order valence-corrected chi connectivity index (χ0v) is 20.3. The Kier molecular flexibility index (Phi) is 7.42. The van der Waals surface area contributed by atoms with Crippen LogP contribution in [0.15, 0.2) is 23.1 Å². The van der Waals surface area contributed by atoms with Crippen LogP contribution in [0.1, 0.15) is 55.8 Å². The summed E-state index contributed by atoms with van der Waals surface area (Å²) in [5.41, 5.74) is 0.654. The summed E-state index contributed by atoms with van der Waals surface area (Å²) in [6.45, 7) is 4.40. The van der Waals surface area contributed by atoms with Gasteiger partial charge in [0.2, 0.25) is 10.0 Å². The van der Waals surface area contributed by atoms with E-state index in [4.69, 9.17) is 4.74 Å². The van der Waals surface area contributed by atoms with Crippen LogP contribution in [-0.4, -0.2) is 80.9 Å². The Hall–Kier alpha value is -2.66. The molecular formula is C23H32N4O6S. The molecule has 3 fully saturated rings. The number of ether oxygens (including phenoxy) is 1. The molecule has 11 heteroatoms. The summed E-state index contributed by atoms with van der Waals surface area (Å²) in [7, 11) is -3.81. The molecule has 4 rings (SSSR count). The summed E-state index contributed by atoms with van der Waals surface area (Å²) in [5.74, 6) is -1.42. The first-order chi connectivity index (χ1) is 16.3. The van der Waals surface area contributed by atoms with Gasteiger partial charge < -0.3 is 15.0 Å². The first-order valence-electron chi connectivity index (χ1n) is 12.0. The van der Waals surface area contributed by atoms with Gasteiger partial charge in [0.1, 0.15) is 4.90 Å². The highest BCUT2D eigenvalue weighted by Gasteiger charge is 2.34. The maximum Gasteiger partial charge on any atom is 0.338 e. The number of piperidine rings is 2. The van der Waals surface area contributed by atoms with Gasteiger partial charge in [-0.1, -0.05) is 6.42 Å². The van der Waals surface area contributed by atoms with E-state index in [2.05, 4.69) is 10.2 Å². The lowest BCUT2D eigenvalue weighted by Crippen LogP contribution is -2.41. The van der Waals surface area contributed by atoms with Crippen molar-refractivity contribution < 1.29 is 27.5 Å². The Labute approximate surface area is 200 Å². The van der Waals surface area contributed by atoms with E-state index >= 15 is 0 Å². The van der Waals surface area contributed by atoms with Gasteiger partial charge in [0.15, 0.2) is 6.10 Å². The fourth-order valence-electron chi connectivity index (χ4n) is 4.67. The Bertz CT molecular complexity index is 1050. The maximum absolute atomic E-state index is 13.6. The number of esters is 1. The molecule has 1 unspecified atom stereocenters. The van der Waals surface area contributed by atoms with E-state index in [0.717, 1.165) is 56.5 Å². The summed E-state index contributed by atoms with van der Waals surface area (Å²) in [6.07, 6.45) is 4.51. The zero-order chi connectivity index (χ0) is 24.3. The van der Waals surface area contributed by atoms with Crippen LogP contribution >= 0.6 is 0 Å². The third-order valence-electron chi connectivity index (χ3n) is 6.58. The zero-order valence-electron chi connectivity index (χ0n) is 19.5. The second kappa shape index (κ2) is 10.3. The van der Waals surface area contributed by atoms with Crippen LogP contribution in [0.25, 0.3) is 0 Å². The molecule has 186 valence electrons. The number of benzene rings is 1. The minimum Gasteiger partial charge on any atom is -0.449 e. The number of rotatable bonds is 6. The molecule has 1 atom stereocenters. The molecule has 3 amide bonds. The molecule has 0 radical (unpaired) electrons. The van der Waals surface area contributed by atoms with E-state index < -0.39 is 34.0 Å². The highest BCUT2D eigenvalue weighted by Crippen LogP contribution is 2.32. The highest BCUT2D eigenvalue weighted by molar-refractivity contribution is 7.89. The smallest absolute Gasteiger partial charge is 0.338 e. The Morgan fingerprint density at radius 1 is 0.971 bits per heavy atom. The number of nitrogens with zero attached hydrogens (tertiary/aromatic N) is 3. The number of amides is 3. The molecule has 0 bridgehead atoms. The van der Waals surface area contributed by atoms with Crippen molar-refractivity contribution in [3.63, 3.8) is 0 Å². The maximum atomic E-state index is 13.6. The van der Waals surface area contributed by atoms with Gasteiger partial charge in [0.05, 0.1) is 11.3 Å². The van der Waals surface area contributed by atoms with Gasteiger partial charge in [-0.25, -0.2) is 18.0 Å². The van der Waals surface area contributed by atoms with Crippen LogP contribution in [0.2, 0.25) is 0 Å². The first-order valence-corrected chi connectivity index (χ1v) is 13.4. The van der Waals surface area contributed by atoms with Crippen molar-refractivity contribution in [3.8, 4) is 0 Å². The molecule has 1 N–H and O–H groups in total. The van der Waals surface area contributed by atoms with Crippen molar-refractivity contribution in [1.29, 1.82) is 0 Å². The number of nitrogens with one attached hydrogen (secondary N) is 1. The molecule has 1 aromatic rings. The van der Waals surface area contributed by atoms with E-state index in [-0.39, 0.29) is 17.0 Å². The van der Waals surface area contributed by atoms with Gasteiger partial charge in [0.25, 0.3) is 5.91 Å². The predicted molar refractivity (Wildman–Crippen MR) is 125 cm³/mol. The Balaban J connectivity index is 1.60. The van der Waals surface area contributed by atoms with Crippen LogP contribution in [0.4, 0.5) is 10.5 Å². The van der Waals surface area contributed by atoms with Gasteiger partial charge >= 0.3 is 12.0 Å². The molecule has 10 nitrogen and oxygen atoms in total. The van der Waals surface area contributed by atoms with Gasteiger partial charge in [-0.3, -0.25) is 9.69 Å². The quantitative estimate of drug-likeness (QED) is 0.603. The molecule has 0 aromatic heterocycles.